The predicted octanol–water partition coefficient (Wildman–Crippen LogP) is 2.39. The summed E-state index contributed by atoms with van der Waals surface area (Å²) in [5.41, 5.74) is -1.79. The number of halogens is 5. The molecule has 1 aromatic carbocycles. The lowest BCUT2D eigenvalue weighted by Crippen LogP contribution is -2.81. The molecule has 164 valence electrons. The Bertz CT molecular complexity index is 856. The lowest BCUT2D eigenvalue weighted by atomic mass is 9.84. The summed E-state index contributed by atoms with van der Waals surface area (Å²) < 4.78 is 52.3. The quantitative estimate of drug-likeness (QED) is 0.656. The van der Waals surface area contributed by atoms with Crippen molar-refractivity contribution in [3.8, 4) is 0 Å². The number of nitrogens with one attached hydrogen (secondary N) is 2. The number of fused-ring (bicyclic) bond motifs is 1. The minimum Gasteiger partial charge on any atom is -0.341 e. The van der Waals surface area contributed by atoms with Gasteiger partial charge in [0, 0.05) is 35.9 Å². The van der Waals surface area contributed by atoms with Crippen molar-refractivity contribution >= 4 is 29.1 Å². The van der Waals surface area contributed by atoms with E-state index in [9.17, 15) is 27.2 Å². The monoisotopic (exact) mass is 448 g/mol. The molecule has 0 spiro atoms. The standard InChI is InChI=1S/C19H21ClF4N4O2/c1-10(17(30)25-13-5-11(20)4-12(21)6-13)28-8-14-15(28)7-27(14)9-16(29)26-18(2-3-18)19(22,23)24/h4-6,10,14-15H,2-3,7-9H2,1H3,(H,25,30)(H,26,29). The van der Waals surface area contributed by atoms with E-state index < -0.39 is 29.5 Å². The van der Waals surface area contributed by atoms with Gasteiger partial charge in [0.15, 0.2) is 0 Å². The lowest BCUT2D eigenvalue weighted by molar-refractivity contribution is -0.175. The molecule has 1 saturated carbocycles. The minimum atomic E-state index is -4.43. The van der Waals surface area contributed by atoms with Crippen LogP contribution in [0.5, 0.6) is 0 Å². The largest absolute Gasteiger partial charge is 0.411 e. The summed E-state index contributed by atoms with van der Waals surface area (Å²) in [5, 5.41) is 4.94. The number of anilines is 1. The van der Waals surface area contributed by atoms with Gasteiger partial charge in [-0.2, -0.15) is 13.2 Å². The number of hydrogen-bond acceptors (Lipinski definition) is 4. The van der Waals surface area contributed by atoms with Gasteiger partial charge in [-0.1, -0.05) is 11.6 Å². The van der Waals surface area contributed by atoms with E-state index in [-0.39, 0.29) is 48.1 Å². The highest BCUT2D eigenvalue weighted by Crippen LogP contribution is 2.49. The minimum absolute atomic E-state index is 0.0376. The van der Waals surface area contributed by atoms with Crippen molar-refractivity contribution in [3.05, 3.63) is 29.0 Å². The number of benzene rings is 1. The number of rotatable bonds is 6. The van der Waals surface area contributed by atoms with Crippen LogP contribution in [-0.4, -0.2) is 71.1 Å². The Morgan fingerprint density at radius 3 is 2.47 bits per heavy atom. The highest BCUT2D eigenvalue weighted by molar-refractivity contribution is 6.30. The first-order chi connectivity index (χ1) is 14.0. The van der Waals surface area contributed by atoms with Crippen molar-refractivity contribution in [3.63, 3.8) is 0 Å². The number of nitrogens with zero attached hydrogens (tertiary/aromatic N) is 2. The molecule has 1 aromatic rings. The third-order valence-electron chi connectivity index (χ3n) is 6.18. The molecule has 2 saturated heterocycles. The molecule has 2 amide bonds. The number of hydrogen-bond donors (Lipinski definition) is 2. The summed E-state index contributed by atoms with van der Waals surface area (Å²) in [6.45, 7) is 2.67. The molecule has 3 atom stereocenters. The fraction of sp³-hybridized carbons (Fsp3) is 0.579. The molecule has 4 rings (SSSR count). The summed E-state index contributed by atoms with van der Waals surface area (Å²) in [7, 11) is 0. The van der Waals surface area contributed by atoms with Crippen LogP contribution < -0.4 is 10.6 Å². The average Bonchev–Trinajstić information content (AvgIpc) is 3.38. The molecule has 3 fully saturated rings. The summed E-state index contributed by atoms with van der Waals surface area (Å²) in [4.78, 5) is 28.3. The van der Waals surface area contributed by atoms with E-state index in [1.807, 2.05) is 9.80 Å². The Hall–Kier alpha value is -1.91. The van der Waals surface area contributed by atoms with Crippen LogP contribution in [0.2, 0.25) is 5.02 Å². The average molecular weight is 449 g/mol. The molecule has 6 nitrogen and oxygen atoms in total. The smallest absolute Gasteiger partial charge is 0.341 e. The number of alkyl halides is 3. The zero-order valence-electron chi connectivity index (χ0n) is 16.1. The molecule has 2 heterocycles. The van der Waals surface area contributed by atoms with Crippen LogP contribution >= 0.6 is 11.6 Å². The van der Waals surface area contributed by atoms with Crippen LogP contribution in [0.15, 0.2) is 18.2 Å². The van der Waals surface area contributed by atoms with Gasteiger partial charge in [0.1, 0.15) is 11.4 Å². The molecule has 2 N–H and O–H groups in total. The Labute approximate surface area is 175 Å². The van der Waals surface area contributed by atoms with E-state index in [2.05, 4.69) is 10.6 Å². The molecule has 2 aliphatic heterocycles. The second-order valence-corrected chi connectivity index (χ2v) is 8.65. The molecule has 0 bridgehead atoms. The number of amides is 2. The summed E-state index contributed by atoms with van der Waals surface area (Å²) >= 11 is 5.79. The van der Waals surface area contributed by atoms with E-state index in [0.717, 1.165) is 6.07 Å². The van der Waals surface area contributed by atoms with Gasteiger partial charge in [0.2, 0.25) is 11.8 Å². The first-order valence-corrected chi connectivity index (χ1v) is 10.0. The van der Waals surface area contributed by atoms with Gasteiger partial charge in [0.25, 0.3) is 0 Å². The van der Waals surface area contributed by atoms with Gasteiger partial charge < -0.3 is 10.6 Å². The second kappa shape index (κ2) is 7.35. The van der Waals surface area contributed by atoms with Crippen LogP contribution in [0, 0.1) is 5.82 Å². The van der Waals surface area contributed by atoms with E-state index in [0.29, 0.717) is 13.1 Å². The predicted molar refractivity (Wildman–Crippen MR) is 102 cm³/mol. The molecule has 11 heteroatoms. The van der Waals surface area contributed by atoms with Crippen LogP contribution in [-0.2, 0) is 9.59 Å². The van der Waals surface area contributed by atoms with Crippen molar-refractivity contribution in [1.82, 2.24) is 15.1 Å². The van der Waals surface area contributed by atoms with Crippen LogP contribution in [0.3, 0.4) is 0 Å². The van der Waals surface area contributed by atoms with Crippen molar-refractivity contribution < 1.29 is 27.2 Å². The summed E-state index contributed by atoms with van der Waals surface area (Å²) in [5.74, 6) is -1.50. The molecule has 0 radical (unpaired) electrons. The summed E-state index contributed by atoms with van der Waals surface area (Å²) in [6, 6.07) is 3.38. The van der Waals surface area contributed by atoms with Crippen molar-refractivity contribution in [1.29, 1.82) is 0 Å². The molecular formula is C19H21ClF4N4O2. The highest BCUT2D eigenvalue weighted by Gasteiger charge is 2.64. The number of likely N-dealkylation sites (tertiary alicyclic amines) is 2. The Morgan fingerprint density at radius 1 is 1.23 bits per heavy atom. The topological polar surface area (TPSA) is 64.7 Å². The van der Waals surface area contributed by atoms with Crippen molar-refractivity contribution in [2.45, 2.75) is 49.6 Å². The van der Waals surface area contributed by atoms with E-state index in [1.165, 1.54) is 12.1 Å². The third-order valence-corrected chi connectivity index (χ3v) is 6.40. The maximum absolute atomic E-state index is 13.4. The second-order valence-electron chi connectivity index (χ2n) is 8.21. The molecular weight excluding hydrogens is 428 g/mol. The van der Waals surface area contributed by atoms with Gasteiger partial charge in [0.05, 0.1) is 12.6 Å². The first kappa shape index (κ1) is 21.3. The van der Waals surface area contributed by atoms with Gasteiger partial charge >= 0.3 is 6.18 Å². The Morgan fingerprint density at radius 2 is 1.93 bits per heavy atom. The molecule has 3 unspecified atom stereocenters. The molecule has 1 aliphatic carbocycles. The van der Waals surface area contributed by atoms with E-state index >= 15 is 0 Å². The SMILES string of the molecule is CC(C(=O)Nc1cc(F)cc(Cl)c1)N1CC2C1CN2CC(=O)NC1(C(F)(F)F)CC1. The van der Waals surface area contributed by atoms with Gasteiger partial charge in [-0.05, 0) is 38.0 Å². The van der Waals surface area contributed by atoms with Crippen LogP contribution in [0.4, 0.5) is 23.2 Å². The van der Waals surface area contributed by atoms with Gasteiger partial charge in [-0.3, -0.25) is 19.4 Å². The fourth-order valence-corrected chi connectivity index (χ4v) is 4.35. The first-order valence-electron chi connectivity index (χ1n) is 9.64. The number of carbonyl (C=O) groups excluding carboxylic acids is 2. The van der Waals surface area contributed by atoms with Crippen molar-refractivity contribution in [2.24, 2.45) is 0 Å². The fourth-order valence-electron chi connectivity index (χ4n) is 4.12. The van der Waals surface area contributed by atoms with Crippen LogP contribution in [0.1, 0.15) is 19.8 Å². The highest BCUT2D eigenvalue weighted by atomic mass is 35.5. The zero-order chi connectivity index (χ0) is 21.8. The molecule has 3 aliphatic rings. The summed E-state index contributed by atoms with van der Waals surface area (Å²) in [6.07, 6.45) is -4.58. The number of carbonyl (C=O) groups is 2. The van der Waals surface area contributed by atoms with E-state index in [4.69, 9.17) is 11.6 Å². The number of piperazine rings is 1. The Balaban J connectivity index is 1.25. The maximum atomic E-state index is 13.4. The van der Waals surface area contributed by atoms with Crippen molar-refractivity contribution in [2.75, 3.05) is 25.0 Å². The van der Waals surface area contributed by atoms with Gasteiger partial charge in [-0.25, -0.2) is 4.39 Å². The van der Waals surface area contributed by atoms with E-state index in [1.54, 1.807) is 6.92 Å². The molecule has 30 heavy (non-hydrogen) atoms. The van der Waals surface area contributed by atoms with Crippen LogP contribution in [0.25, 0.3) is 0 Å². The zero-order valence-corrected chi connectivity index (χ0v) is 16.9. The third kappa shape index (κ3) is 3.88. The normalized spacial score (nSPS) is 26.1. The lowest BCUT2D eigenvalue weighted by Gasteiger charge is -2.63. The van der Waals surface area contributed by atoms with Gasteiger partial charge in [-0.15, -0.1) is 0 Å². The molecule has 0 aromatic heterocycles. The maximum Gasteiger partial charge on any atom is 0.411 e. The Kier molecular flexibility index (Phi) is 5.22.